The van der Waals surface area contributed by atoms with E-state index >= 15 is 0 Å². The number of rotatable bonds is 6. The average Bonchev–Trinajstić information content (AvgIpc) is 4.07. The van der Waals surface area contributed by atoms with Crippen LogP contribution in [-0.2, 0) is 10.8 Å². The Morgan fingerprint density at radius 3 is 1.19 bits per heavy atom. The number of benzene rings is 11. The molecule has 75 heavy (non-hydrogen) atoms. The van der Waals surface area contributed by atoms with E-state index in [4.69, 9.17) is 14.7 Å². The first-order valence-electron chi connectivity index (χ1n) is 25.8. The summed E-state index contributed by atoms with van der Waals surface area (Å²) in [6, 6.07) is 101. The van der Waals surface area contributed by atoms with Gasteiger partial charge in [-0.25, -0.2) is 9.97 Å². The molecule has 12 aromatic rings. The van der Waals surface area contributed by atoms with E-state index in [1.807, 2.05) is 0 Å². The molecule has 0 saturated heterocycles. The zero-order valence-corrected chi connectivity index (χ0v) is 40.9. The highest BCUT2D eigenvalue weighted by atomic mass is 16.5. The van der Waals surface area contributed by atoms with Crippen molar-refractivity contribution in [3.63, 3.8) is 0 Å². The molecular formula is C72H46N2O. The lowest BCUT2D eigenvalue weighted by Gasteiger charge is -2.51. The molecule has 0 unspecified atom stereocenters. The van der Waals surface area contributed by atoms with E-state index in [0.717, 1.165) is 84.1 Å². The van der Waals surface area contributed by atoms with Crippen LogP contribution in [0.4, 0.5) is 0 Å². The summed E-state index contributed by atoms with van der Waals surface area (Å²) in [6.07, 6.45) is 0. The van der Waals surface area contributed by atoms with Gasteiger partial charge in [-0.3, -0.25) is 0 Å². The van der Waals surface area contributed by atoms with E-state index in [9.17, 15) is 0 Å². The smallest absolute Gasteiger partial charge is 0.160 e. The van der Waals surface area contributed by atoms with Crippen LogP contribution in [0.1, 0.15) is 44.5 Å². The van der Waals surface area contributed by atoms with Crippen molar-refractivity contribution in [1.82, 2.24) is 9.97 Å². The zero-order chi connectivity index (χ0) is 49.5. The van der Waals surface area contributed by atoms with Crippen LogP contribution in [0.15, 0.2) is 279 Å². The summed E-state index contributed by atoms with van der Waals surface area (Å²) in [4.78, 5) is 10.6. The Bertz CT molecular complexity index is 4020. The second-order valence-corrected chi connectivity index (χ2v) is 19.9. The molecule has 0 fully saturated rings. The number of hydrogen-bond acceptors (Lipinski definition) is 3. The summed E-state index contributed by atoms with van der Waals surface area (Å²) in [7, 11) is 0. The summed E-state index contributed by atoms with van der Waals surface area (Å²) < 4.78 is 6.98. The molecule has 2 aliphatic carbocycles. The van der Waals surface area contributed by atoms with Crippen molar-refractivity contribution in [2.24, 2.45) is 0 Å². The Morgan fingerprint density at radius 1 is 0.227 bits per heavy atom. The monoisotopic (exact) mass is 954 g/mol. The van der Waals surface area contributed by atoms with E-state index in [1.54, 1.807) is 0 Å². The average molecular weight is 955 g/mol. The number of aromatic nitrogens is 2. The highest BCUT2D eigenvalue weighted by Gasteiger charge is 2.58. The molecule has 0 amide bonds. The molecule has 3 nitrogen and oxygen atoms in total. The fourth-order valence-corrected chi connectivity index (χ4v) is 12.8. The first kappa shape index (κ1) is 42.9. The Labute approximate surface area is 436 Å². The van der Waals surface area contributed by atoms with Crippen molar-refractivity contribution >= 4 is 0 Å². The highest BCUT2D eigenvalue weighted by molar-refractivity contribution is 5.91. The van der Waals surface area contributed by atoms with E-state index in [2.05, 4.69) is 279 Å². The Morgan fingerprint density at radius 2 is 0.600 bits per heavy atom. The first-order chi connectivity index (χ1) is 37.2. The van der Waals surface area contributed by atoms with Crippen LogP contribution in [0.5, 0.6) is 11.5 Å². The quantitative estimate of drug-likeness (QED) is 0.167. The molecule has 0 saturated carbocycles. The van der Waals surface area contributed by atoms with E-state index in [1.165, 1.54) is 44.5 Å². The third kappa shape index (κ3) is 6.48. The SMILES string of the molecule is c1ccc(-c2cccc(-c3cc(-c4ccc(-c5ccc6c(c5)C5(c7ccccc7O6)c6ccccc6C6(c7ccccc7-c7ccccc76)c6ccccc65)cc4)nc(-c4cccc(-c5ccccc5)c4)n3)c2)cc1. The van der Waals surface area contributed by atoms with Gasteiger partial charge >= 0.3 is 0 Å². The molecule has 2 heterocycles. The van der Waals surface area contributed by atoms with Gasteiger partial charge < -0.3 is 4.74 Å². The minimum absolute atomic E-state index is 0.525. The minimum Gasteiger partial charge on any atom is -0.457 e. The predicted molar refractivity (Wildman–Crippen MR) is 304 cm³/mol. The predicted octanol–water partition coefficient (Wildman–Crippen LogP) is 17.6. The summed E-state index contributed by atoms with van der Waals surface area (Å²) >= 11 is 0. The molecule has 15 rings (SSSR count). The lowest BCUT2D eigenvalue weighted by atomic mass is 9.51. The van der Waals surface area contributed by atoms with Gasteiger partial charge in [0.15, 0.2) is 5.82 Å². The normalized spacial score (nSPS) is 13.7. The molecule has 3 aliphatic rings. The third-order valence-corrected chi connectivity index (χ3v) is 16.1. The van der Waals surface area contributed by atoms with Crippen LogP contribution in [0, 0.1) is 0 Å². The van der Waals surface area contributed by atoms with Gasteiger partial charge in [-0.05, 0) is 114 Å². The second-order valence-electron chi connectivity index (χ2n) is 19.9. The molecule has 2 spiro atoms. The summed E-state index contributed by atoms with van der Waals surface area (Å²) in [5.74, 6) is 2.40. The van der Waals surface area contributed by atoms with Crippen LogP contribution in [0.25, 0.3) is 78.4 Å². The van der Waals surface area contributed by atoms with Crippen LogP contribution >= 0.6 is 0 Å². The van der Waals surface area contributed by atoms with Crippen LogP contribution in [0.2, 0.25) is 0 Å². The van der Waals surface area contributed by atoms with Crippen molar-refractivity contribution in [1.29, 1.82) is 0 Å². The Balaban J connectivity index is 0.884. The topological polar surface area (TPSA) is 35.0 Å². The van der Waals surface area contributed by atoms with Gasteiger partial charge in [0.1, 0.15) is 11.5 Å². The maximum absolute atomic E-state index is 6.98. The molecule has 3 heteroatoms. The zero-order valence-electron chi connectivity index (χ0n) is 40.9. The Kier molecular flexibility index (Phi) is 9.70. The van der Waals surface area contributed by atoms with Gasteiger partial charge in [-0.15, -0.1) is 0 Å². The number of fused-ring (bicyclic) bond motifs is 15. The number of ether oxygens (including phenoxy) is 1. The van der Waals surface area contributed by atoms with Gasteiger partial charge in [0.2, 0.25) is 0 Å². The van der Waals surface area contributed by atoms with E-state index in [-0.39, 0.29) is 0 Å². The standard InChI is InChI=1S/C72H46N2O/c1-3-19-47(20-4-1)51-23-17-25-54(43-51)67-46-66(73-70(74-67)55-26-18-24-52(44-55)48-21-5-2-6-22-48)50-39-37-49(38-40-50)53-41-42-69-65(45-53)72(64-35-15-16-36-68(64)75-69)62-33-13-11-31-60(62)71(61-32-12-14-34-63(61)72)58-29-9-7-27-56(58)57-28-8-10-30-59(57)71/h1-46H. The van der Waals surface area contributed by atoms with Gasteiger partial charge in [-0.1, -0.05) is 243 Å². The van der Waals surface area contributed by atoms with Crippen molar-refractivity contribution < 1.29 is 4.74 Å². The molecule has 0 atom stereocenters. The third-order valence-electron chi connectivity index (χ3n) is 16.1. The second kappa shape index (κ2) is 16.9. The molecule has 11 aromatic carbocycles. The minimum atomic E-state index is -0.700. The lowest BCUT2D eigenvalue weighted by molar-refractivity contribution is 0.429. The van der Waals surface area contributed by atoms with Crippen LogP contribution in [-0.4, -0.2) is 9.97 Å². The fourth-order valence-electron chi connectivity index (χ4n) is 12.8. The maximum Gasteiger partial charge on any atom is 0.160 e. The van der Waals surface area contributed by atoms with Crippen molar-refractivity contribution in [3.05, 3.63) is 324 Å². The van der Waals surface area contributed by atoms with Crippen LogP contribution in [0.3, 0.4) is 0 Å². The molecular weight excluding hydrogens is 909 g/mol. The summed E-state index contributed by atoms with van der Waals surface area (Å²) in [5, 5.41) is 0. The molecule has 0 bridgehead atoms. The largest absolute Gasteiger partial charge is 0.457 e. The number of para-hydroxylation sites is 1. The Hall–Kier alpha value is -9.70. The molecule has 0 N–H and O–H groups in total. The highest BCUT2D eigenvalue weighted by Crippen LogP contribution is 2.67. The maximum atomic E-state index is 6.98. The number of nitrogens with zero attached hydrogens (tertiary/aromatic N) is 2. The number of hydrogen-bond donors (Lipinski definition) is 0. The van der Waals surface area contributed by atoms with Gasteiger partial charge in [-0.2, -0.15) is 0 Å². The van der Waals surface area contributed by atoms with Gasteiger partial charge in [0, 0.05) is 27.8 Å². The molecule has 1 aliphatic heterocycles. The molecule has 350 valence electrons. The van der Waals surface area contributed by atoms with Crippen molar-refractivity contribution in [3.8, 4) is 89.9 Å². The summed E-state index contributed by atoms with van der Waals surface area (Å²) in [6.45, 7) is 0. The van der Waals surface area contributed by atoms with Crippen LogP contribution < -0.4 is 4.74 Å². The first-order valence-corrected chi connectivity index (χ1v) is 25.8. The fraction of sp³-hybridized carbons (Fsp3) is 0.0278. The van der Waals surface area contributed by atoms with E-state index in [0.29, 0.717) is 5.82 Å². The van der Waals surface area contributed by atoms with Gasteiger partial charge in [0.05, 0.1) is 22.2 Å². The molecule has 0 radical (unpaired) electrons. The van der Waals surface area contributed by atoms with E-state index < -0.39 is 10.8 Å². The molecule has 1 aromatic heterocycles. The van der Waals surface area contributed by atoms with Gasteiger partial charge in [0.25, 0.3) is 0 Å². The summed E-state index contributed by atoms with van der Waals surface area (Å²) in [5.41, 5.74) is 22.8. The lowest BCUT2D eigenvalue weighted by Crippen LogP contribution is -2.45. The van der Waals surface area contributed by atoms with Crippen molar-refractivity contribution in [2.45, 2.75) is 10.8 Å². The van der Waals surface area contributed by atoms with Crippen molar-refractivity contribution in [2.75, 3.05) is 0 Å².